The highest BCUT2D eigenvalue weighted by Gasteiger charge is 2.59. The summed E-state index contributed by atoms with van der Waals surface area (Å²) in [4.78, 5) is 73.9. The number of imide groups is 1. The molecule has 1 spiro atoms. The Balaban J connectivity index is 1.07. The fourth-order valence-electron chi connectivity index (χ4n) is 7.78. The molecule has 3 aliphatic rings. The number of para-hydroxylation sites is 2. The van der Waals surface area contributed by atoms with Gasteiger partial charge in [0, 0.05) is 48.9 Å². The first-order valence-electron chi connectivity index (χ1n) is 18.4. The number of carbonyl (C=O) groups is 5. The molecule has 4 aromatic rings. The number of nitrogens with one attached hydrogen (secondary N) is 3. The van der Waals surface area contributed by atoms with E-state index in [2.05, 4.69) is 16.0 Å². The van der Waals surface area contributed by atoms with Crippen LogP contribution in [0.4, 0.5) is 10.5 Å². The van der Waals surface area contributed by atoms with Crippen molar-refractivity contribution in [1.82, 2.24) is 25.8 Å². The second kappa shape index (κ2) is 16.3. The van der Waals surface area contributed by atoms with E-state index >= 15 is 0 Å². The molecule has 0 aromatic heterocycles. The lowest BCUT2D eigenvalue weighted by Gasteiger charge is -2.43. The minimum atomic E-state index is -1.31. The van der Waals surface area contributed by atoms with Crippen molar-refractivity contribution >= 4 is 46.9 Å². The number of methoxy groups -OCH3 is 1. The molecule has 0 radical (unpaired) electrons. The Morgan fingerprint density at radius 3 is 2.29 bits per heavy atom. The standard InChI is InChI=1S/C42H43ClN6O6/c1-55-36-14-8-7-11-31(36)26-45-37(50)27-48-40(53)42(49(41(48)54)33-12-3-2-4-13-33)19-21-47(22-20-42)39(52)35(23-28-15-17-32(43)18-16-28)46-38(51)34-24-29-9-5-6-10-30(29)25-44-34/h2-18,34-35,44H,19-27H2,1H3,(H,45,50)(H,46,51)/t34-,35-/m1/s1. The molecule has 0 saturated carbocycles. The van der Waals surface area contributed by atoms with Gasteiger partial charge in [-0.05, 0) is 66.3 Å². The second-order valence-electron chi connectivity index (χ2n) is 14.1. The maximum Gasteiger partial charge on any atom is 0.332 e. The SMILES string of the molecule is COc1ccccc1CNC(=O)CN1C(=O)N(c2ccccc2)C2(CCN(C(=O)[C@@H](Cc3ccc(Cl)cc3)NC(=O)[C@H]3Cc4ccccc4CN3)CC2)C1=O. The fourth-order valence-corrected chi connectivity index (χ4v) is 7.90. The summed E-state index contributed by atoms with van der Waals surface area (Å²) in [5.41, 5.74) is 3.01. The first-order valence-corrected chi connectivity index (χ1v) is 18.8. The van der Waals surface area contributed by atoms with Crippen LogP contribution in [0.15, 0.2) is 103 Å². The summed E-state index contributed by atoms with van der Waals surface area (Å²) >= 11 is 6.15. The Hall–Kier alpha value is -5.72. The molecule has 0 aliphatic carbocycles. The number of amides is 6. The van der Waals surface area contributed by atoms with Crippen molar-refractivity contribution in [2.24, 2.45) is 0 Å². The maximum atomic E-state index is 14.4. The van der Waals surface area contributed by atoms with Crippen LogP contribution in [0.5, 0.6) is 5.75 Å². The Bertz CT molecular complexity index is 2070. The maximum absolute atomic E-state index is 14.4. The molecule has 3 N–H and O–H groups in total. The zero-order chi connectivity index (χ0) is 38.5. The van der Waals surface area contributed by atoms with Crippen molar-refractivity contribution in [2.75, 3.05) is 31.6 Å². The lowest BCUT2D eigenvalue weighted by molar-refractivity contribution is -0.141. The molecule has 12 nitrogen and oxygen atoms in total. The average molecular weight is 763 g/mol. The number of likely N-dealkylation sites (tertiary alicyclic amines) is 1. The topological polar surface area (TPSA) is 140 Å². The monoisotopic (exact) mass is 762 g/mol. The van der Waals surface area contributed by atoms with Gasteiger partial charge in [-0.2, -0.15) is 0 Å². The zero-order valence-electron chi connectivity index (χ0n) is 30.5. The first-order chi connectivity index (χ1) is 26.7. The molecule has 2 fully saturated rings. The summed E-state index contributed by atoms with van der Waals surface area (Å²) in [6.07, 6.45) is 1.01. The predicted molar refractivity (Wildman–Crippen MR) is 207 cm³/mol. The van der Waals surface area contributed by atoms with Crippen LogP contribution in [0.25, 0.3) is 0 Å². The third-order valence-corrected chi connectivity index (χ3v) is 11.0. The van der Waals surface area contributed by atoms with E-state index in [-0.39, 0.29) is 50.7 Å². The van der Waals surface area contributed by atoms with Gasteiger partial charge in [-0.1, -0.05) is 84.4 Å². The number of halogens is 1. The molecular formula is C42H43ClN6O6. The molecule has 4 aromatic carbocycles. The van der Waals surface area contributed by atoms with Crippen molar-refractivity contribution in [3.63, 3.8) is 0 Å². The summed E-state index contributed by atoms with van der Waals surface area (Å²) in [6, 6.07) is 29.3. The third-order valence-electron chi connectivity index (χ3n) is 10.7. The van der Waals surface area contributed by atoms with Crippen molar-refractivity contribution in [3.8, 4) is 5.75 Å². The molecule has 3 heterocycles. The van der Waals surface area contributed by atoms with E-state index < -0.39 is 42.0 Å². The summed E-state index contributed by atoms with van der Waals surface area (Å²) in [7, 11) is 1.54. The number of hydrogen-bond donors (Lipinski definition) is 3. The molecule has 284 valence electrons. The van der Waals surface area contributed by atoms with Gasteiger partial charge in [-0.25, -0.2) is 4.79 Å². The second-order valence-corrected chi connectivity index (χ2v) is 14.5. The third kappa shape index (κ3) is 7.92. The number of ether oxygens (including phenoxy) is 1. The van der Waals surface area contributed by atoms with E-state index in [4.69, 9.17) is 16.3 Å². The number of fused-ring (bicyclic) bond motifs is 1. The molecule has 55 heavy (non-hydrogen) atoms. The normalized spacial score (nSPS) is 18.1. The fraction of sp³-hybridized carbons (Fsp3) is 0.310. The minimum Gasteiger partial charge on any atom is -0.496 e. The number of rotatable bonds is 11. The van der Waals surface area contributed by atoms with Crippen LogP contribution in [-0.2, 0) is 45.1 Å². The van der Waals surface area contributed by atoms with Gasteiger partial charge >= 0.3 is 6.03 Å². The number of piperidine rings is 1. The number of nitrogens with zero attached hydrogens (tertiary/aromatic N) is 3. The lowest BCUT2D eigenvalue weighted by Crippen LogP contribution is -2.61. The molecule has 2 atom stereocenters. The smallest absolute Gasteiger partial charge is 0.332 e. The summed E-state index contributed by atoms with van der Waals surface area (Å²) < 4.78 is 5.38. The highest BCUT2D eigenvalue weighted by molar-refractivity contribution is 6.30. The van der Waals surface area contributed by atoms with Gasteiger partial charge in [0.25, 0.3) is 5.91 Å². The van der Waals surface area contributed by atoms with E-state index in [0.717, 1.165) is 27.2 Å². The Morgan fingerprint density at radius 1 is 0.891 bits per heavy atom. The van der Waals surface area contributed by atoms with Crippen molar-refractivity contribution in [3.05, 3.63) is 130 Å². The summed E-state index contributed by atoms with van der Waals surface area (Å²) in [5, 5.41) is 9.70. The van der Waals surface area contributed by atoms with Crippen molar-refractivity contribution in [2.45, 2.75) is 56.4 Å². The Kier molecular flexibility index (Phi) is 11.2. The zero-order valence-corrected chi connectivity index (χ0v) is 31.3. The van der Waals surface area contributed by atoms with Crippen LogP contribution >= 0.6 is 11.6 Å². The predicted octanol–water partition coefficient (Wildman–Crippen LogP) is 4.24. The van der Waals surface area contributed by atoms with Gasteiger partial charge in [-0.3, -0.25) is 29.0 Å². The van der Waals surface area contributed by atoms with Gasteiger partial charge < -0.3 is 25.6 Å². The molecule has 6 amide bonds. The van der Waals surface area contributed by atoms with E-state index in [9.17, 15) is 24.0 Å². The van der Waals surface area contributed by atoms with Crippen LogP contribution in [0.3, 0.4) is 0 Å². The number of urea groups is 1. The van der Waals surface area contributed by atoms with Gasteiger partial charge in [0.1, 0.15) is 23.9 Å². The van der Waals surface area contributed by atoms with Gasteiger partial charge in [0.15, 0.2) is 0 Å². The average Bonchev–Trinajstić information content (AvgIpc) is 3.41. The minimum absolute atomic E-state index is 0.139. The van der Waals surface area contributed by atoms with Gasteiger partial charge in [0.05, 0.1) is 13.2 Å². The number of anilines is 1. The summed E-state index contributed by atoms with van der Waals surface area (Å²) in [5.74, 6) is -0.942. The van der Waals surface area contributed by atoms with Crippen LogP contribution in [0.2, 0.25) is 5.02 Å². The molecule has 2 saturated heterocycles. The largest absolute Gasteiger partial charge is 0.496 e. The van der Waals surface area contributed by atoms with E-state index in [0.29, 0.717) is 29.4 Å². The van der Waals surface area contributed by atoms with Gasteiger partial charge in [0.2, 0.25) is 17.7 Å². The Labute approximate surface area is 324 Å². The number of carbonyl (C=O) groups excluding carboxylic acids is 5. The van der Waals surface area contributed by atoms with E-state index in [1.165, 1.54) is 4.90 Å². The molecule has 0 bridgehead atoms. The molecule has 13 heteroatoms. The van der Waals surface area contributed by atoms with Crippen LogP contribution in [-0.4, -0.2) is 83.8 Å². The van der Waals surface area contributed by atoms with Crippen LogP contribution in [0, 0.1) is 0 Å². The number of benzene rings is 4. The molecule has 0 unspecified atom stereocenters. The van der Waals surface area contributed by atoms with Crippen molar-refractivity contribution < 1.29 is 28.7 Å². The van der Waals surface area contributed by atoms with Crippen LogP contribution in [0.1, 0.15) is 35.1 Å². The lowest BCUT2D eigenvalue weighted by atomic mass is 9.85. The quantitative estimate of drug-likeness (QED) is 0.194. The first kappa shape index (κ1) is 37.6. The van der Waals surface area contributed by atoms with E-state index in [1.54, 1.807) is 54.5 Å². The van der Waals surface area contributed by atoms with E-state index in [1.807, 2.05) is 60.7 Å². The highest BCUT2D eigenvalue weighted by Crippen LogP contribution is 2.41. The molecular weight excluding hydrogens is 720 g/mol. The van der Waals surface area contributed by atoms with Gasteiger partial charge in [-0.15, -0.1) is 0 Å². The van der Waals surface area contributed by atoms with Crippen LogP contribution < -0.4 is 25.6 Å². The highest BCUT2D eigenvalue weighted by atomic mass is 35.5. The van der Waals surface area contributed by atoms with Crippen molar-refractivity contribution in [1.29, 1.82) is 0 Å². The summed E-state index contributed by atoms with van der Waals surface area (Å²) in [6.45, 7) is 0.536. The molecule has 3 aliphatic heterocycles. The number of hydrogen-bond acceptors (Lipinski definition) is 7. The molecule has 7 rings (SSSR count). The Morgan fingerprint density at radius 2 is 1.56 bits per heavy atom.